The average Bonchev–Trinajstić information content (AvgIpc) is 3.29. The molecule has 6 rings (SSSR count). The van der Waals surface area contributed by atoms with Crippen molar-refractivity contribution >= 4 is 22.7 Å². The third kappa shape index (κ3) is 3.50. The van der Waals surface area contributed by atoms with Gasteiger partial charge in [-0.25, -0.2) is 0 Å². The molecule has 0 radical (unpaired) electrons. The van der Waals surface area contributed by atoms with E-state index in [-0.39, 0.29) is 18.4 Å². The van der Waals surface area contributed by atoms with Gasteiger partial charge in [0, 0.05) is 35.1 Å². The Labute approximate surface area is 209 Å². The van der Waals surface area contributed by atoms with Crippen molar-refractivity contribution in [2.45, 2.75) is 25.0 Å². The lowest BCUT2D eigenvalue weighted by Crippen LogP contribution is -2.62. The van der Waals surface area contributed by atoms with Gasteiger partial charge in [0.15, 0.2) is 0 Å². The van der Waals surface area contributed by atoms with Crippen LogP contribution in [-0.4, -0.2) is 53.4 Å². The highest BCUT2D eigenvalue weighted by Crippen LogP contribution is 2.44. The molecule has 1 aromatic heterocycles. The summed E-state index contributed by atoms with van der Waals surface area (Å²) in [6, 6.07) is 22.4. The van der Waals surface area contributed by atoms with Crippen LogP contribution in [0.25, 0.3) is 10.9 Å². The van der Waals surface area contributed by atoms with Crippen LogP contribution in [0, 0.1) is 0 Å². The molecule has 4 aromatic rings. The topological polar surface area (TPSA) is 74.9 Å². The van der Waals surface area contributed by atoms with Gasteiger partial charge in [-0.1, -0.05) is 48.5 Å². The van der Waals surface area contributed by atoms with E-state index in [1.807, 2.05) is 66.7 Å². The number of piperazine rings is 1. The summed E-state index contributed by atoms with van der Waals surface area (Å²) in [6.07, 6.45) is 0.467. The van der Waals surface area contributed by atoms with E-state index in [4.69, 9.17) is 9.47 Å². The van der Waals surface area contributed by atoms with Crippen molar-refractivity contribution in [3.8, 4) is 11.5 Å². The maximum atomic E-state index is 13.9. The maximum Gasteiger partial charge on any atom is 0.246 e. The van der Waals surface area contributed by atoms with Gasteiger partial charge in [0.1, 0.15) is 30.1 Å². The maximum absolute atomic E-state index is 13.9. The Morgan fingerprint density at radius 3 is 2.44 bits per heavy atom. The van der Waals surface area contributed by atoms with Crippen molar-refractivity contribution in [3.63, 3.8) is 0 Å². The number of carbonyl (C=O) groups is 2. The Kier molecular flexibility index (Phi) is 5.40. The lowest BCUT2D eigenvalue weighted by atomic mass is 9.86. The zero-order valence-corrected chi connectivity index (χ0v) is 20.2. The molecule has 3 heterocycles. The molecule has 0 spiro atoms. The number of aromatic nitrogens is 1. The summed E-state index contributed by atoms with van der Waals surface area (Å²) >= 11 is 0. The number of H-pyrrole nitrogens is 1. The summed E-state index contributed by atoms with van der Waals surface area (Å²) in [5.41, 5.74) is 4.84. The minimum atomic E-state index is -0.592. The first kappa shape index (κ1) is 22.2. The number of hydrogen-bond acceptors (Lipinski definition) is 4. The van der Waals surface area contributed by atoms with Gasteiger partial charge in [-0.15, -0.1) is 0 Å². The first-order chi connectivity index (χ1) is 17.6. The van der Waals surface area contributed by atoms with Crippen molar-refractivity contribution in [1.82, 2.24) is 14.8 Å². The highest BCUT2D eigenvalue weighted by Gasteiger charge is 2.48. The van der Waals surface area contributed by atoms with Crippen molar-refractivity contribution in [2.75, 3.05) is 20.8 Å². The Bertz CT molecular complexity index is 1460. The second-order valence-electron chi connectivity index (χ2n) is 9.27. The monoisotopic (exact) mass is 481 g/mol. The van der Waals surface area contributed by atoms with E-state index in [2.05, 4.69) is 11.1 Å². The normalized spacial score (nSPS) is 19.3. The average molecular weight is 482 g/mol. The van der Waals surface area contributed by atoms with Crippen molar-refractivity contribution in [3.05, 3.63) is 95.2 Å². The summed E-state index contributed by atoms with van der Waals surface area (Å²) in [7, 11) is 3.25. The van der Waals surface area contributed by atoms with Gasteiger partial charge in [0.05, 0.1) is 14.2 Å². The van der Waals surface area contributed by atoms with Gasteiger partial charge in [0.2, 0.25) is 11.8 Å². The first-order valence-electron chi connectivity index (χ1n) is 12.0. The zero-order chi connectivity index (χ0) is 24.8. The minimum absolute atomic E-state index is 0.0303. The second kappa shape index (κ2) is 8.75. The first-order valence-corrected chi connectivity index (χ1v) is 12.0. The lowest BCUT2D eigenvalue weighted by Gasteiger charge is -2.47. The van der Waals surface area contributed by atoms with Crippen molar-refractivity contribution < 1.29 is 19.1 Å². The van der Waals surface area contributed by atoms with Crippen LogP contribution in [0.1, 0.15) is 28.4 Å². The molecule has 1 N–H and O–H groups in total. The van der Waals surface area contributed by atoms with Crippen LogP contribution in [-0.2, 0) is 22.6 Å². The molecule has 2 aliphatic heterocycles. The Morgan fingerprint density at radius 2 is 1.67 bits per heavy atom. The fraction of sp³-hybridized carbons (Fsp3) is 0.241. The second-order valence-corrected chi connectivity index (χ2v) is 9.27. The molecule has 3 aromatic carbocycles. The predicted molar refractivity (Wildman–Crippen MR) is 136 cm³/mol. The molecule has 0 saturated carbocycles. The van der Waals surface area contributed by atoms with Crippen LogP contribution < -0.4 is 9.47 Å². The number of nitrogens with zero attached hydrogens (tertiary/aromatic N) is 2. The van der Waals surface area contributed by atoms with Gasteiger partial charge >= 0.3 is 0 Å². The number of fused-ring (bicyclic) bond motifs is 4. The fourth-order valence-electron chi connectivity index (χ4n) is 5.63. The molecule has 36 heavy (non-hydrogen) atoms. The van der Waals surface area contributed by atoms with Crippen molar-refractivity contribution in [1.29, 1.82) is 0 Å². The number of carbonyl (C=O) groups excluding carboxylic acids is 2. The summed E-state index contributed by atoms with van der Waals surface area (Å²) in [4.78, 5) is 34.6. The molecule has 182 valence electrons. The third-order valence-electron chi connectivity index (χ3n) is 7.31. The number of para-hydroxylation sites is 2. The fourth-order valence-corrected chi connectivity index (χ4v) is 5.63. The van der Waals surface area contributed by atoms with E-state index in [0.717, 1.165) is 39.0 Å². The van der Waals surface area contributed by atoms with E-state index in [1.165, 1.54) is 0 Å². The third-order valence-corrected chi connectivity index (χ3v) is 7.31. The number of rotatable bonds is 5. The number of amides is 2. The van der Waals surface area contributed by atoms with E-state index in [9.17, 15) is 9.59 Å². The highest BCUT2D eigenvalue weighted by atomic mass is 16.5. The van der Waals surface area contributed by atoms with Crippen LogP contribution in [0.3, 0.4) is 0 Å². The van der Waals surface area contributed by atoms with Gasteiger partial charge < -0.3 is 24.3 Å². The number of aromatic amines is 1. The Morgan fingerprint density at radius 1 is 0.917 bits per heavy atom. The minimum Gasteiger partial charge on any atom is -0.497 e. The predicted octanol–water partition coefficient (Wildman–Crippen LogP) is 4.07. The van der Waals surface area contributed by atoms with E-state index in [1.54, 1.807) is 24.0 Å². The molecule has 0 bridgehead atoms. The largest absolute Gasteiger partial charge is 0.497 e. The van der Waals surface area contributed by atoms with E-state index >= 15 is 0 Å². The van der Waals surface area contributed by atoms with Gasteiger partial charge in [-0.2, -0.15) is 0 Å². The van der Waals surface area contributed by atoms with E-state index in [0.29, 0.717) is 18.7 Å². The number of methoxy groups -OCH3 is 2. The van der Waals surface area contributed by atoms with Gasteiger partial charge in [0.25, 0.3) is 0 Å². The zero-order valence-electron chi connectivity index (χ0n) is 20.2. The summed E-state index contributed by atoms with van der Waals surface area (Å²) < 4.78 is 10.9. The summed E-state index contributed by atoms with van der Waals surface area (Å²) in [6.45, 7) is 0.404. The molecule has 0 aliphatic carbocycles. The van der Waals surface area contributed by atoms with E-state index < -0.39 is 12.1 Å². The van der Waals surface area contributed by atoms with Crippen LogP contribution in [0.5, 0.6) is 11.5 Å². The summed E-state index contributed by atoms with van der Waals surface area (Å²) in [5, 5.41) is 1.08. The molecular formula is C29H27N3O4. The molecule has 2 unspecified atom stereocenters. The van der Waals surface area contributed by atoms with Gasteiger partial charge in [-0.05, 0) is 35.4 Å². The van der Waals surface area contributed by atoms with Crippen LogP contribution in [0.4, 0.5) is 0 Å². The summed E-state index contributed by atoms with van der Waals surface area (Å²) in [5.74, 6) is 1.33. The molecule has 1 fully saturated rings. The number of benzene rings is 3. The SMILES string of the molecule is COc1ccc(CN2CC(=O)N3C(Cc4c([nH]c5ccccc45)C3c3ccccc3OC)C2=O)cc1. The van der Waals surface area contributed by atoms with Crippen LogP contribution in [0.2, 0.25) is 0 Å². The van der Waals surface area contributed by atoms with Crippen molar-refractivity contribution in [2.24, 2.45) is 0 Å². The molecule has 1 saturated heterocycles. The van der Waals surface area contributed by atoms with Gasteiger partial charge in [-0.3, -0.25) is 9.59 Å². The van der Waals surface area contributed by atoms with Crippen LogP contribution in [0.15, 0.2) is 72.8 Å². The lowest BCUT2D eigenvalue weighted by molar-refractivity contribution is -0.159. The number of nitrogens with one attached hydrogen (secondary N) is 1. The molecule has 7 heteroatoms. The molecule has 2 atom stereocenters. The standard InChI is InChI=1S/C29H27N3O4/c1-35-19-13-11-18(12-14-19)16-31-17-26(33)32-24(29(31)34)15-22-20-7-3-5-9-23(20)30-27(22)28(32)21-8-4-6-10-25(21)36-2/h3-14,24,28,30H,15-17H2,1-2H3. The number of ether oxygens (including phenoxy) is 2. The molecule has 2 aliphatic rings. The highest BCUT2D eigenvalue weighted by molar-refractivity contribution is 5.97. The molecule has 7 nitrogen and oxygen atoms in total. The molecule has 2 amide bonds. The smallest absolute Gasteiger partial charge is 0.246 e. The Balaban J connectivity index is 1.44. The Hall–Kier alpha value is -4.26. The molecular weight excluding hydrogens is 454 g/mol. The van der Waals surface area contributed by atoms with Crippen LogP contribution >= 0.6 is 0 Å². The number of hydrogen-bond donors (Lipinski definition) is 1. The quantitative estimate of drug-likeness (QED) is 0.466.